The third-order valence-corrected chi connectivity index (χ3v) is 5.45. The molecule has 4 aliphatic rings. The van der Waals surface area contributed by atoms with Crippen molar-refractivity contribution in [1.29, 1.82) is 0 Å². The number of rotatable bonds is 2. The highest BCUT2D eigenvalue weighted by atomic mass is 19.4. The van der Waals surface area contributed by atoms with Crippen molar-refractivity contribution in [3.63, 3.8) is 0 Å². The standard InChI is InChI=1S/C25H26F3N7O3/c26-25(27,28)15-38-24-34-22-31-14-17-6-4-16(5-7-17)12-29-20(36)2-1-3-21(37)30-13-18-8-10-19(11-9-18)32-23(33-22)35-24/h4-11H,1-3,12-15H2,(H,29,36)(H,30,37)(H2,31,32,33,34,35). The van der Waals surface area contributed by atoms with Gasteiger partial charge >= 0.3 is 12.2 Å². The molecular formula is C25H26F3N7O3. The number of hydrogen-bond acceptors (Lipinski definition) is 8. The summed E-state index contributed by atoms with van der Waals surface area (Å²) in [6, 6.07) is 13.9. The van der Waals surface area contributed by atoms with E-state index in [1.807, 2.05) is 24.3 Å². The van der Waals surface area contributed by atoms with Gasteiger partial charge in [-0.1, -0.05) is 36.4 Å². The Kier molecular flexibility index (Phi) is 8.56. The van der Waals surface area contributed by atoms with Crippen LogP contribution in [-0.2, 0) is 29.2 Å². The van der Waals surface area contributed by atoms with E-state index >= 15 is 0 Å². The number of aromatic nitrogens is 3. The van der Waals surface area contributed by atoms with Gasteiger partial charge in [0.1, 0.15) is 0 Å². The highest BCUT2D eigenvalue weighted by Crippen LogP contribution is 2.21. The van der Waals surface area contributed by atoms with Gasteiger partial charge in [-0.3, -0.25) is 9.59 Å². The first-order valence-electron chi connectivity index (χ1n) is 11.9. The molecular weight excluding hydrogens is 503 g/mol. The minimum atomic E-state index is -4.56. The molecule has 0 radical (unpaired) electrons. The van der Waals surface area contributed by atoms with Crippen molar-refractivity contribution in [2.75, 3.05) is 17.2 Å². The number of ether oxygens (including phenoxy) is 1. The van der Waals surface area contributed by atoms with Crippen molar-refractivity contribution in [3.8, 4) is 6.01 Å². The maximum Gasteiger partial charge on any atom is 0.422 e. The van der Waals surface area contributed by atoms with Crippen molar-refractivity contribution in [3.05, 3.63) is 65.2 Å². The fraction of sp³-hybridized carbons (Fsp3) is 0.320. The molecule has 0 saturated heterocycles. The monoisotopic (exact) mass is 529 g/mol. The fourth-order valence-corrected chi connectivity index (χ4v) is 3.48. The normalized spacial score (nSPS) is 15.1. The van der Waals surface area contributed by atoms with Gasteiger partial charge in [-0.05, 0) is 35.2 Å². The van der Waals surface area contributed by atoms with E-state index in [0.717, 1.165) is 16.7 Å². The van der Waals surface area contributed by atoms with Gasteiger partial charge in [0.25, 0.3) is 0 Å². The van der Waals surface area contributed by atoms with Gasteiger partial charge in [0.2, 0.25) is 23.7 Å². The zero-order valence-corrected chi connectivity index (χ0v) is 20.3. The Hall–Kier alpha value is -4.42. The Morgan fingerprint density at radius 1 is 0.711 bits per heavy atom. The first-order valence-corrected chi connectivity index (χ1v) is 11.9. The lowest BCUT2D eigenvalue weighted by Gasteiger charge is -2.12. The molecule has 0 saturated carbocycles. The molecule has 200 valence electrons. The van der Waals surface area contributed by atoms with Crippen LogP contribution in [0, 0.1) is 0 Å². The quantitative estimate of drug-likeness (QED) is 0.396. The number of amides is 2. The molecule has 0 fully saturated rings. The van der Waals surface area contributed by atoms with Gasteiger partial charge in [-0.2, -0.15) is 28.1 Å². The lowest BCUT2D eigenvalue weighted by atomic mass is 10.1. The maximum absolute atomic E-state index is 12.7. The molecule has 0 aliphatic carbocycles. The average molecular weight is 530 g/mol. The van der Waals surface area contributed by atoms with E-state index in [-0.39, 0.29) is 43.1 Å². The third kappa shape index (κ3) is 8.61. The lowest BCUT2D eigenvalue weighted by Crippen LogP contribution is -2.25. The molecule has 7 rings (SSSR count). The van der Waals surface area contributed by atoms with Crippen molar-refractivity contribution in [1.82, 2.24) is 25.6 Å². The number of hydrogen-bond donors (Lipinski definition) is 4. The van der Waals surface area contributed by atoms with Crippen LogP contribution in [0.25, 0.3) is 0 Å². The summed E-state index contributed by atoms with van der Waals surface area (Å²) in [5.74, 6) is -0.288. The molecule has 0 unspecified atom stereocenters. The van der Waals surface area contributed by atoms with Crippen LogP contribution in [-0.4, -0.2) is 39.5 Å². The molecule has 13 heteroatoms. The topological polar surface area (TPSA) is 130 Å². The number of benzene rings is 2. The number of halogens is 3. The second kappa shape index (κ2) is 12.2. The van der Waals surface area contributed by atoms with E-state index in [1.54, 1.807) is 24.3 Å². The van der Waals surface area contributed by atoms with Crippen molar-refractivity contribution in [2.24, 2.45) is 0 Å². The summed E-state index contributed by atoms with van der Waals surface area (Å²) >= 11 is 0. The zero-order valence-electron chi connectivity index (χ0n) is 20.3. The van der Waals surface area contributed by atoms with E-state index < -0.39 is 18.8 Å². The SMILES string of the molecule is O=C1CCCC(=O)NCc2ccc(cc2)Nc2nc(nc(OCC(F)(F)F)n2)NCc2ccc(cc2)CN1. The Morgan fingerprint density at radius 3 is 1.76 bits per heavy atom. The number of nitrogens with zero attached hydrogens (tertiary/aromatic N) is 3. The van der Waals surface area contributed by atoms with Crippen LogP contribution < -0.4 is 26.0 Å². The van der Waals surface area contributed by atoms with Crippen LogP contribution in [0.1, 0.15) is 36.0 Å². The van der Waals surface area contributed by atoms with Crippen molar-refractivity contribution < 1.29 is 27.5 Å². The molecule has 10 nitrogen and oxygen atoms in total. The van der Waals surface area contributed by atoms with E-state index in [4.69, 9.17) is 4.74 Å². The summed E-state index contributed by atoms with van der Waals surface area (Å²) in [6.07, 6.45) is -3.64. The van der Waals surface area contributed by atoms with Crippen LogP contribution in [0.5, 0.6) is 6.01 Å². The van der Waals surface area contributed by atoms with E-state index in [2.05, 4.69) is 36.2 Å². The second-order valence-corrected chi connectivity index (χ2v) is 8.57. The Morgan fingerprint density at radius 2 is 1.21 bits per heavy atom. The van der Waals surface area contributed by atoms with Crippen LogP contribution >= 0.6 is 0 Å². The summed E-state index contributed by atoms with van der Waals surface area (Å²) < 4.78 is 42.8. The number of anilines is 3. The zero-order chi connectivity index (χ0) is 27.0. The van der Waals surface area contributed by atoms with E-state index in [1.165, 1.54) is 0 Å². The van der Waals surface area contributed by atoms with Gasteiger partial charge in [0, 0.05) is 38.2 Å². The Labute approximate surface area is 216 Å². The first-order chi connectivity index (χ1) is 18.2. The Bertz CT molecular complexity index is 1250. The average Bonchev–Trinajstić information content (AvgIpc) is 2.89. The number of carbonyl (C=O) groups excluding carboxylic acids is 2. The van der Waals surface area contributed by atoms with Crippen molar-refractivity contribution in [2.45, 2.75) is 45.1 Å². The van der Waals surface area contributed by atoms with Gasteiger partial charge in [0.05, 0.1) is 0 Å². The summed E-state index contributed by atoms with van der Waals surface area (Å²) in [5, 5.41) is 11.6. The summed E-state index contributed by atoms with van der Waals surface area (Å²) in [7, 11) is 0. The largest absolute Gasteiger partial charge is 0.454 e. The fourth-order valence-electron chi connectivity index (χ4n) is 3.48. The molecule has 0 atom stereocenters. The number of nitrogens with one attached hydrogen (secondary N) is 4. The van der Waals surface area contributed by atoms with Crippen LogP contribution in [0.2, 0.25) is 0 Å². The van der Waals surface area contributed by atoms with Crippen LogP contribution in [0.4, 0.5) is 30.8 Å². The molecule has 1 aromatic heterocycles. The summed E-state index contributed by atoms with van der Waals surface area (Å²) in [5.41, 5.74) is 3.14. The third-order valence-electron chi connectivity index (χ3n) is 5.45. The van der Waals surface area contributed by atoms with Crippen LogP contribution in [0.3, 0.4) is 0 Å². The molecule has 4 N–H and O–H groups in total. The van der Waals surface area contributed by atoms with Gasteiger partial charge < -0.3 is 26.0 Å². The maximum atomic E-state index is 12.7. The molecule has 3 aromatic rings. The second-order valence-electron chi connectivity index (χ2n) is 8.57. The predicted molar refractivity (Wildman–Crippen MR) is 132 cm³/mol. The smallest absolute Gasteiger partial charge is 0.422 e. The molecule has 5 heterocycles. The first kappa shape index (κ1) is 26.6. The molecule has 38 heavy (non-hydrogen) atoms. The lowest BCUT2D eigenvalue weighted by molar-refractivity contribution is -0.154. The minimum Gasteiger partial charge on any atom is -0.454 e. The molecule has 2 amide bonds. The number of carbonyl (C=O) groups is 2. The summed E-state index contributed by atoms with van der Waals surface area (Å²) in [6.45, 7) is -0.619. The summed E-state index contributed by atoms with van der Waals surface area (Å²) in [4.78, 5) is 36.4. The molecule has 6 bridgehead atoms. The highest BCUT2D eigenvalue weighted by Gasteiger charge is 2.29. The van der Waals surface area contributed by atoms with E-state index in [9.17, 15) is 22.8 Å². The number of alkyl halides is 3. The predicted octanol–water partition coefficient (Wildman–Crippen LogP) is 3.58. The van der Waals surface area contributed by atoms with Gasteiger partial charge in [0.15, 0.2) is 6.61 Å². The Balaban J connectivity index is 1.56. The van der Waals surface area contributed by atoms with Crippen LogP contribution in [0.15, 0.2) is 48.5 Å². The highest BCUT2D eigenvalue weighted by molar-refractivity contribution is 5.78. The van der Waals surface area contributed by atoms with E-state index in [0.29, 0.717) is 25.2 Å². The molecule has 0 spiro atoms. The molecule has 4 aliphatic heterocycles. The van der Waals surface area contributed by atoms with Gasteiger partial charge in [-0.25, -0.2) is 0 Å². The van der Waals surface area contributed by atoms with Gasteiger partial charge in [-0.15, -0.1) is 0 Å². The minimum absolute atomic E-state index is 0.00907. The molecule has 2 aromatic carbocycles. The van der Waals surface area contributed by atoms with Crippen molar-refractivity contribution >= 4 is 29.4 Å².